The molecule has 0 aliphatic heterocycles. The first-order valence-electron chi connectivity index (χ1n) is 12.7. The molecule has 180 valence electrons. The molecule has 2 aliphatic carbocycles. The molecule has 0 radical (unpaired) electrons. The summed E-state index contributed by atoms with van der Waals surface area (Å²) in [4.78, 5) is 4.05. The van der Waals surface area contributed by atoms with E-state index in [-0.39, 0.29) is 5.41 Å². The number of fused-ring (bicyclic) bond motifs is 3. The number of nitrogens with one attached hydrogen (secondary N) is 1. The van der Waals surface area contributed by atoms with Crippen molar-refractivity contribution in [3.8, 4) is 17.6 Å². The van der Waals surface area contributed by atoms with E-state index >= 15 is 0 Å². The Morgan fingerprint density at radius 2 is 1.91 bits per heavy atom. The lowest BCUT2D eigenvalue weighted by molar-refractivity contribution is -0.00804. The van der Waals surface area contributed by atoms with Crippen molar-refractivity contribution in [3.63, 3.8) is 0 Å². The van der Waals surface area contributed by atoms with Crippen molar-refractivity contribution in [1.29, 1.82) is 0 Å². The Hall–Kier alpha value is -3.29. The van der Waals surface area contributed by atoms with Crippen LogP contribution in [0.5, 0.6) is 5.75 Å². The van der Waals surface area contributed by atoms with Crippen LogP contribution in [0.3, 0.4) is 0 Å². The summed E-state index contributed by atoms with van der Waals surface area (Å²) in [6.45, 7) is 3.16. The lowest BCUT2D eigenvalue weighted by Crippen LogP contribution is -2.50. The number of aryl methyl sites for hydroxylation is 1. The van der Waals surface area contributed by atoms with Crippen molar-refractivity contribution in [2.45, 2.75) is 56.5 Å². The van der Waals surface area contributed by atoms with Crippen LogP contribution in [0.2, 0.25) is 0 Å². The zero-order valence-corrected chi connectivity index (χ0v) is 20.5. The highest BCUT2D eigenvalue weighted by Crippen LogP contribution is 2.54. The molecule has 2 aromatic carbocycles. The van der Waals surface area contributed by atoms with Gasteiger partial charge in [0.2, 0.25) is 0 Å². The van der Waals surface area contributed by atoms with Crippen molar-refractivity contribution in [2.24, 2.45) is 5.92 Å². The monoisotopic (exact) mass is 466 g/mol. The minimum absolute atomic E-state index is 0.0258. The molecular weight excluding hydrogens is 432 g/mol. The van der Waals surface area contributed by atoms with E-state index < -0.39 is 5.60 Å². The molecular formula is C31H34N2O2. The number of hydrogen-bond acceptors (Lipinski definition) is 4. The van der Waals surface area contributed by atoms with E-state index in [1.165, 1.54) is 16.7 Å². The average Bonchev–Trinajstić information content (AvgIpc) is 2.88. The van der Waals surface area contributed by atoms with Crippen LogP contribution in [0, 0.1) is 17.8 Å². The van der Waals surface area contributed by atoms with Gasteiger partial charge in [0.05, 0.1) is 0 Å². The van der Waals surface area contributed by atoms with Gasteiger partial charge in [0, 0.05) is 30.0 Å². The number of nitrogens with zero attached hydrogens (tertiary/aromatic N) is 1. The van der Waals surface area contributed by atoms with Gasteiger partial charge in [-0.1, -0.05) is 42.3 Å². The minimum atomic E-state index is -0.859. The Balaban J connectivity index is 1.36. The number of anilines is 1. The predicted molar refractivity (Wildman–Crippen MR) is 141 cm³/mol. The van der Waals surface area contributed by atoms with Gasteiger partial charge in [0.15, 0.2) is 0 Å². The van der Waals surface area contributed by atoms with Crippen molar-refractivity contribution < 1.29 is 9.84 Å². The van der Waals surface area contributed by atoms with Gasteiger partial charge in [0.1, 0.15) is 18.0 Å². The topological polar surface area (TPSA) is 54.4 Å². The summed E-state index contributed by atoms with van der Waals surface area (Å²) in [5.41, 5.74) is 4.41. The van der Waals surface area contributed by atoms with E-state index in [0.29, 0.717) is 12.5 Å². The van der Waals surface area contributed by atoms with Crippen LogP contribution >= 0.6 is 0 Å². The average molecular weight is 467 g/mol. The van der Waals surface area contributed by atoms with Crippen LogP contribution in [0.15, 0.2) is 73.1 Å². The summed E-state index contributed by atoms with van der Waals surface area (Å²) >= 11 is 0. The largest absolute Gasteiger partial charge is 0.492 e. The second-order valence-electron chi connectivity index (χ2n) is 9.99. The van der Waals surface area contributed by atoms with Crippen LogP contribution in [0.25, 0.3) is 0 Å². The van der Waals surface area contributed by atoms with Gasteiger partial charge in [-0.2, -0.15) is 0 Å². The maximum Gasteiger partial charge on any atom is 0.125 e. The summed E-state index contributed by atoms with van der Waals surface area (Å²) in [7, 11) is 0. The van der Waals surface area contributed by atoms with Gasteiger partial charge in [-0.15, -0.1) is 5.92 Å². The van der Waals surface area contributed by atoms with Crippen LogP contribution in [0.1, 0.15) is 49.3 Å². The van der Waals surface area contributed by atoms with E-state index in [9.17, 15) is 5.11 Å². The first kappa shape index (κ1) is 23.5. The second kappa shape index (κ2) is 10.1. The highest BCUT2D eigenvalue weighted by Gasteiger charge is 2.51. The summed E-state index contributed by atoms with van der Waals surface area (Å²) in [5, 5.41) is 14.5. The van der Waals surface area contributed by atoms with E-state index in [0.717, 1.165) is 56.5 Å². The molecule has 3 aromatic rings. The van der Waals surface area contributed by atoms with Gasteiger partial charge in [0.25, 0.3) is 0 Å². The Labute approximate surface area is 208 Å². The van der Waals surface area contributed by atoms with E-state index in [1.807, 2.05) is 19.1 Å². The molecule has 3 atom stereocenters. The second-order valence-corrected chi connectivity index (χ2v) is 9.99. The standard InChI is InChI=1S/C31H34N2O2/c1-2-14-30(34)15-16-31(22-24-6-4-3-5-7-24)26(23-30)9-8-25-21-28(10-11-29(25)31)35-20-19-33-27-12-17-32-18-13-27/h3-7,10-13,17-18,21,26,34H,8-9,15-16,19-20,22-23H2,1H3,(H,32,33). The molecule has 5 rings (SSSR count). The molecule has 4 nitrogen and oxygen atoms in total. The van der Waals surface area contributed by atoms with Gasteiger partial charge in [-0.3, -0.25) is 4.98 Å². The third-order valence-corrected chi connectivity index (χ3v) is 7.83. The number of ether oxygens (including phenoxy) is 1. The van der Waals surface area contributed by atoms with Gasteiger partial charge >= 0.3 is 0 Å². The molecule has 1 fully saturated rings. The van der Waals surface area contributed by atoms with Crippen molar-refractivity contribution in [2.75, 3.05) is 18.5 Å². The summed E-state index contributed by atoms with van der Waals surface area (Å²) in [5.74, 6) is 7.43. The third kappa shape index (κ3) is 5.06. The lowest BCUT2D eigenvalue weighted by atomic mass is 9.52. The summed E-state index contributed by atoms with van der Waals surface area (Å²) in [6, 6.07) is 21.4. The number of pyridine rings is 1. The van der Waals surface area contributed by atoms with Crippen molar-refractivity contribution in [1.82, 2.24) is 4.98 Å². The maximum atomic E-state index is 11.2. The minimum Gasteiger partial charge on any atom is -0.492 e. The molecule has 1 aromatic heterocycles. The molecule has 0 amide bonds. The molecule has 0 bridgehead atoms. The molecule has 0 saturated heterocycles. The smallest absolute Gasteiger partial charge is 0.125 e. The first-order valence-corrected chi connectivity index (χ1v) is 12.7. The number of rotatable bonds is 7. The summed E-state index contributed by atoms with van der Waals surface area (Å²) in [6.07, 6.45) is 9.06. The number of benzene rings is 2. The Bertz CT molecular complexity index is 1200. The van der Waals surface area contributed by atoms with Crippen molar-refractivity contribution >= 4 is 5.69 Å². The van der Waals surface area contributed by atoms with Crippen LogP contribution < -0.4 is 10.1 Å². The fourth-order valence-electron chi connectivity index (χ4n) is 6.22. The highest BCUT2D eigenvalue weighted by atomic mass is 16.5. The quantitative estimate of drug-likeness (QED) is 0.354. The van der Waals surface area contributed by atoms with Crippen LogP contribution in [0.4, 0.5) is 5.69 Å². The number of aliphatic hydroxyl groups is 1. The zero-order chi connectivity index (χ0) is 24.1. The SMILES string of the molecule is CC#CC1(O)CCC2(Cc3ccccc3)c3ccc(OCCNc4ccncc4)cc3CCC2C1. The summed E-state index contributed by atoms with van der Waals surface area (Å²) < 4.78 is 6.11. The molecule has 4 heteroatoms. The fraction of sp³-hybridized carbons (Fsp3) is 0.387. The third-order valence-electron chi connectivity index (χ3n) is 7.83. The molecule has 1 saturated carbocycles. The molecule has 3 unspecified atom stereocenters. The van der Waals surface area contributed by atoms with Crippen LogP contribution in [-0.2, 0) is 18.3 Å². The predicted octanol–water partition coefficient (Wildman–Crippen LogP) is 5.55. The first-order chi connectivity index (χ1) is 17.1. The molecule has 2 aliphatic rings. The zero-order valence-electron chi connectivity index (χ0n) is 20.5. The molecule has 2 N–H and O–H groups in total. The number of aromatic nitrogens is 1. The fourth-order valence-corrected chi connectivity index (χ4v) is 6.22. The molecule has 0 spiro atoms. The van der Waals surface area contributed by atoms with E-state index in [2.05, 4.69) is 70.7 Å². The van der Waals surface area contributed by atoms with Crippen LogP contribution in [-0.4, -0.2) is 28.8 Å². The van der Waals surface area contributed by atoms with Crippen molar-refractivity contribution in [3.05, 3.63) is 89.7 Å². The maximum absolute atomic E-state index is 11.2. The Kier molecular flexibility index (Phi) is 6.79. The van der Waals surface area contributed by atoms with E-state index in [1.54, 1.807) is 12.4 Å². The van der Waals surface area contributed by atoms with Gasteiger partial charge in [-0.05, 0) is 92.3 Å². The Morgan fingerprint density at radius 1 is 1.09 bits per heavy atom. The lowest BCUT2D eigenvalue weighted by Gasteiger charge is -2.52. The Morgan fingerprint density at radius 3 is 2.71 bits per heavy atom. The highest BCUT2D eigenvalue weighted by molar-refractivity contribution is 5.45. The molecule has 35 heavy (non-hydrogen) atoms. The van der Waals surface area contributed by atoms with E-state index in [4.69, 9.17) is 4.74 Å². The number of hydrogen-bond donors (Lipinski definition) is 2. The van der Waals surface area contributed by atoms with Gasteiger partial charge < -0.3 is 15.2 Å². The van der Waals surface area contributed by atoms with Gasteiger partial charge in [-0.25, -0.2) is 0 Å². The molecule has 1 heterocycles. The normalized spacial score (nSPS) is 24.9.